The van der Waals surface area contributed by atoms with E-state index in [2.05, 4.69) is 25.2 Å². The van der Waals surface area contributed by atoms with Gasteiger partial charge in [0.1, 0.15) is 0 Å². The Morgan fingerprint density at radius 2 is 1.95 bits per heavy atom. The highest BCUT2D eigenvalue weighted by atomic mass is 16.5. The Morgan fingerprint density at radius 1 is 1.14 bits per heavy atom. The molecule has 0 saturated heterocycles. The predicted octanol–water partition coefficient (Wildman–Crippen LogP) is 3.25. The molecule has 21 heavy (non-hydrogen) atoms. The summed E-state index contributed by atoms with van der Waals surface area (Å²) in [5.41, 5.74) is 1.20. The monoisotopic (exact) mass is 295 g/mol. The molecule has 4 nitrogen and oxygen atoms in total. The van der Waals surface area contributed by atoms with Crippen LogP contribution >= 0.6 is 0 Å². The van der Waals surface area contributed by atoms with Crippen molar-refractivity contribution in [1.29, 1.82) is 0 Å². The molecule has 0 aliphatic rings. The van der Waals surface area contributed by atoms with E-state index in [1.54, 1.807) is 7.11 Å². The summed E-state index contributed by atoms with van der Waals surface area (Å²) < 4.78 is 16.4. The molecular weight excluding hydrogens is 266 g/mol. The van der Waals surface area contributed by atoms with Crippen LogP contribution in [0.4, 0.5) is 0 Å². The van der Waals surface area contributed by atoms with Crippen LogP contribution in [0, 0.1) is 5.92 Å². The van der Waals surface area contributed by atoms with E-state index in [9.17, 15) is 0 Å². The summed E-state index contributed by atoms with van der Waals surface area (Å²) in [7, 11) is 1.67. The van der Waals surface area contributed by atoms with E-state index in [0.717, 1.165) is 44.2 Å². The van der Waals surface area contributed by atoms with Crippen LogP contribution < -0.4 is 14.8 Å². The van der Waals surface area contributed by atoms with Gasteiger partial charge in [-0.3, -0.25) is 0 Å². The number of hydrogen-bond donors (Lipinski definition) is 1. The van der Waals surface area contributed by atoms with Gasteiger partial charge in [0.2, 0.25) is 0 Å². The Morgan fingerprint density at radius 3 is 2.62 bits per heavy atom. The van der Waals surface area contributed by atoms with Gasteiger partial charge in [-0.05, 0) is 37.1 Å². The van der Waals surface area contributed by atoms with Crippen LogP contribution in [0.2, 0.25) is 0 Å². The van der Waals surface area contributed by atoms with E-state index in [-0.39, 0.29) is 0 Å². The second-order valence-corrected chi connectivity index (χ2v) is 5.41. The fourth-order valence-electron chi connectivity index (χ4n) is 1.93. The first kappa shape index (κ1) is 17.8. The van der Waals surface area contributed by atoms with Crippen LogP contribution in [0.3, 0.4) is 0 Å². The molecule has 1 rings (SSSR count). The van der Waals surface area contributed by atoms with Crippen LogP contribution in [-0.2, 0) is 11.3 Å². The molecule has 0 saturated carbocycles. The van der Waals surface area contributed by atoms with Gasteiger partial charge in [-0.25, -0.2) is 0 Å². The third-order valence-corrected chi connectivity index (χ3v) is 3.00. The molecule has 0 radical (unpaired) electrons. The molecule has 1 aromatic rings. The van der Waals surface area contributed by atoms with Gasteiger partial charge < -0.3 is 19.5 Å². The lowest BCUT2D eigenvalue weighted by atomic mass is 10.2. The summed E-state index contributed by atoms with van der Waals surface area (Å²) in [6.07, 6.45) is 0.884. The molecule has 4 heteroatoms. The Balaban J connectivity index is 2.46. The van der Waals surface area contributed by atoms with Gasteiger partial charge in [0.25, 0.3) is 0 Å². The van der Waals surface area contributed by atoms with E-state index in [4.69, 9.17) is 14.2 Å². The lowest BCUT2D eigenvalue weighted by molar-refractivity contribution is 0.130. The average molecular weight is 295 g/mol. The number of methoxy groups -OCH3 is 1. The SMILES string of the molecule is CCOCCCOc1ccc(CNCC(C)C)cc1OC. The van der Waals surface area contributed by atoms with Gasteiger partial charge in [0, 0.05) is 26.2 Å². The van der Waals surface area contributed by atoms with Crippen molar-refractivity contribution in [3.05, 3.63) is 23.8 Å². The Hall–Kier alpha value is -1.26. The Bertz CT molecular complexity index is 394. The van der Waals surface area contributed by atoms with Crippen molar-refractivity contribution < 1.29 is 14.2 Å². The summed E-state index contributed by atoms with van der Waals surface area (Å²) >= 11 is 0. The molecule has 0 aliphatic carbocycles. The van der Waals surface area contributed by atoms with E-state index >= 15 is 0 Å². The third kappa shape index (κ3) is 7.34. The maximum Gasteiger partial charge on any atom is 0.161 e. The minimum absolute atomic E-state index is 0.640. The molecule has 1 aromatic carbocycles. The number of nitrogens with one attached hydrogen (secondary N) is 1. The lowest BCUT2D eigenvalue weighted by Gasteiger charge is -2.13. The first-order valence-electron chi connectivity index (χ1n) is 7.75. The number of benzene rings is 1. The molecular formula is C17H29NO3. The van der Waals surface area contributed by atoms with Crippen LogP contribution in [0.5, 0.6) is 11.5 Å². The fourth-order valence-corrected chi connectivity index (χ4v) is 1.93. The summed E-state index contributed by atoms with van der Waals surface area (Å²) in [6, 6.07) is 6.09. The van der Waals surface area contributed by atoms with Crippen molar-refractivity contribution in [1.82, 2.24) is 5.32 Å². The van der Waals surface area contributed by atoms with Crippen LogP contribution in [0.15, 0.2) is 18.2 Å². The Kier molecular flexibility index (Phi) is 8.87. The average Bonchev–Trinajstić information content (AvgIpc) is 2.47. The molecule has 0 spiro atoms. The number of hydrogen-bond acceptors (Lipinski definition) is 4. The van der Waals surface area contributed by atoms with Crippen molar-refractivity contribution in [3.8, 4) is 11.5 Å². The molecule has 0 amide bonds. The van der Waals surface area contributed by atoms with Crippen LogP contribution in [0.25, 0.3) is 0 Å². The maximum atomic E-state index is 5.75. The van der Waals surface area contributed by atoms with E-state index in [1.165, 1.54) is 5.56 Å². The summed E-state index contributed by atoms with van der Waals surface area (Å²) in [5, 5.41) is 3.43. The second-order valence-electron chi connectivity index (χ2n) is 5.41. The molecule has 0 atom stereocenters. The lowest BCUT2D eigenvalue weighted by Crippen LogP contribution is -2.18. The fraction of sp³-hybridized carbons (Fsp3) is 0.647. The van der Waals surface area contributed by atoms with Crippen molar-refractivity contribution in [2.24, 2.45) is 5.92 Å². The first-order chi connectivity index (χ1) is 10.2. The molecule has 0 fully saturated rings. The van der Waals surface area contributed by atoms with Gasteiger partial charge in [-0.1, -0.05) is 19.9 Å². The molecule has 0 heterocycles. The zero-order valence-corrected chi connectivity index (χ0v) is 13.8. The minimum atomic E-state index is 0.640. The first-order valence-corrected chi connectivity index (χ1v) is 7.75. The van der Waals surface area contributed by atoms with E-state index < -0.39 is 0 Å². The van der Waals surface area contributed by atoms with E-state index in [1.807, 2.05) is 19.1 Å². The van der Waals surface area contributed by atoms with Crippen molar-refractivity contribution >= 4 is 0 Å². The maximum absolute atomic E-state index is 5.75. The Labute approximate surface area is 128 Å². The van der Waals surface area contributed by atoms with Gasteiger partial charge in [-0.2, -0.15) is 0 Å². The number of ether oxygens (including phenoxy) is 3. The van der Waals surface area contributed by atoms with E-state index in [0.29, 0.717) is 12.5 Å². The van der Waals surface area contributed by atoms with Crippen molar-refractivity contribution in [2.45, 2.75) is 33.7 Å². The highest BCUT2D eigenvalue weighted by Gasteiger charge is 2.06. The van der Waals surface area contributed by atoms with Gasteiger partial charge >= 0.3 is 0 Å². The highest BCUT2D eigenvalue weighted by Crippen LogP contribution is 2.28. The predicted molar refractivity (Wildman–Crippen MR) is 86.1 cm³/mol. The molecule has 0 aromatic heterocycles. The summed E-state index contributed by atoms with van der Waals surface area (Å²) in [4.78, 5) is 0. The zero-order chi connectivity index (χ0) is 15.5. The molecule has 0 bridgehead atoms. The molecule has 0 aliphatic heterocycles. The van der Waals surface area contributed by atoms with Crippen molar-refractivity contribution in [2.75, 3.05) is 33.5 Å². The zero-order valence-electron chi connectivity index (χ0n) is 13.8. The minimum Gasteiger partial charge on any atom is -0.493 e. The second kappa shape index (κ2) is 10.5. The van der Waals surface area contributed by atoms with Gasteiger partial charge in [0.15, 0.2) is 11.5 Å². The van der Waals surface area contributed by atoms with Gasteiger partial charge in [-0.15, -0.1) is 0 Å². The van der Waals surface area contributed by atoms with Crippen LogP contribution in [0.1, 0.15) is 32.8 Å². The summed E-state index contributed by atoms with van der Waals surface area (Å²) in [6.45, 7) is 10.4. The van der Waals surface area contributed by atoms with Crippen LogP contribution in [-0.4, -0.2) is 33.5 Å². The normalized spacial score (nSPS) is 10.9. The molecule has 0 unspecified atom stereocenters. The quantitative estimate of drug-likeness (QED) is 0.636. The molecule has 120 valence electrons. The molecule has 1 N–H and O–H groups in total. The standard InChI is InChI=1S/C17H29NO3/c1-5-20-9-6-10-21-16-8-7-15(11-17(16)19-4)13-18-12-14(2)3/h7-8,11,14,18H,5-6,9-10,12-13H2,1-4H3. The smallest absolute Gasteiger partial charge is 0.161 e. The number of rotatable bonds is 11. The van der Waals surface area contributed by atoms with Crippen molar-refractivity contribution in [3.63, 3.8) is 0 Å². The van der Waals surface area contributed by atoms with Gasteiger partial charge in [0.05, 0.1) is 13.7 Å². The topological polar surface area (TPSA) is 39.7 Å². The largest absolute Gasteiger partial charge is 0.493 e. The highest BCUT2D eigenvalue weighted by molar-refractivity contribution is 5.42. The third-order valence-electron chi connectivity index (χ3n) is 3.00. The summed E-state index contributed by atoms with van der Waals surface area (Å²) in [5.74, 6) is 2.23.